The van der Waals surface area contributed by atoms with Gasteiger partial charge in [0.25, 0.3) is 0 Å². The Balaban J connectivity index is 1.63. The molecule has 3 rings (SSSR count). The van der Waals surface area contributed by atoms with Crippen LogP contribution in [0.5, 0.6) is 0 Å². The molecule has 146 valence electrons. The highest BCUT2D eigenvalue weighted by Crippen LogP contribution is 2.31. The number of halogens is 1. The normalized spacial score (nSPS) is 11.0. The van der Waals surface area contributed by atoms with Gasteiger partial charge in [-0.1, -0.05) is 41.6 Å². The zero-order valence-corrected chi connectivity index (χ0v) is 17.1. The first-order chi connectivity index (χ1) is 13.7. The number of nitrogens with zero attached hydrogens (tertiary/aromatic N) is 2. The number of hydrogen-bond acceptors (Lipinski definition) is 5. The van der Waals surface area contributed by atoms with E-state index in [9.17, 15) is 0 Å². The number of hydrogen-bond donors (Lipinski definition) is 2. The van der Waals surface area contributed by atoms with Crippen LogP contribution in [-0.2, 0) is 0 Å². The van der Waals surface area contributed by atoms with Crippen molar-refractivity contribution in [2.45, 2.75) is 12.8 Å². The van der Waals surface area contributed by atoms with Gasteiger partial charge in [-0.05, 0) is 48.8 Å². The maximum Gasteiger partial charge on any atom is 0.0919 e. The van der Waals surface area contributed by atoms with Crippen molar-refractivity contribution in [2.24, 2.45) is 0 Å². The molecule has 0 bridgehead atoms. The van der Waals surface area contributed by atoms with E-state index in [2.05, 4.69) is 28.3 Å². The Kier molecular flexibility index (Phi) is 7.84. The predicted molar refractivity (Wildman–Crippen MR) is 117 cm³/mol. The van der Waals surface area contributed by atoms with Gasteiger partial charge in [-0.25, -0.2) is 0 Å². The second-order valence-corrected chi connectivity index (χ2v) is 7.68. The van der Waals surface area contributed by atoms with Gasteiger partial charge in [0.1, 0.15) is 0 Å². The largest absolute Gasteiger partial charge is 0.395 e. The highest BCUT2D eigenvalue weighted by Gasteiger charge is 2.08. The lowest BCUT2D eigenvalue weighted by molar-refractivity contribution is 0.160. The van der Waals surface area contributed by atoms with Crippen LogP contribution in [-0.4, -0.2) is 52.3 Å². The van der Waals surface area contributed by atoms with Gasteiger partial charge in [0.05, 0.1) is 23.6 Å². The number of aromatic nitrogens is 1. The van der Waals surface area contributed by atoms with Crippen molar-refractivity contribution in [3.05, 3.63) is 53.1 Å². The molecule has 2 aromatic carbocycles. The molecule has 0 fully saturated rings. The average molecular weight is 415 g/mol. The van der Waals surface area contributed by atoms with Gasteiger partial charge < -0.3 is 10.2 Å². The van der Waals surface area contributed by atoms with Crippen molar-refractivity contribution in [2.75, 3.05) is 32.8 Å². The van der Waals surface area contributed by atoms with E-state index in [0.717, 1.165) is 51.3 Å². The van der Waals surface area contributed by atoms with E-state index in [1.807, 2.05) is 35.2 Å². The van der Waals surface area contributed by atoms with Crippen molar-refractivity contribution in [1.82, 2.24) is 9.27 Å². The Hall–Kier alpha value is -1.94. The highest BCUT2D eigenvalue weighted by atomic mass is 35.5. The summed E-state index contributed by atoms with van der Waals surface area (Å²) in [5.74, 6) is 6.44. The highest BCUT2D eigenvalue weighted by molar-refractivity contribution is 7.13. The molecule has 6 heteroatoms. The van der Waals surface area contributed by atoms with Gasteiger partial charge in [0.2, 0.25) is 0 Å². The fourth-order valence-electron chi connectivity index (χ4n) is 3.01. The SMILES string of the molecule is OCCN(CCO)CCCC#Cc1ccc2c(-c3ccc(Cl)cc3)nsc2c1. The Labute approximate surface area is 174 Å². The molecular formula is C22H23ClN2O2S. The Bertz CT molecular complexity index is 954. The maximum absolute atomic E-state index is 9.03. The molecule has 0 aliphatic rings. The lowest BCUT2D eigenvalue weighted by Crippen LogP contribution is -2.30. The Morgan fingerprint density at radius 1 is 1.00 bits per heavy atom. The minimum Gasteiger partial charge on any atom is -0.395 e. The quantitative estimate of drug-likeness (QED) is 0.431. The van der Waals surface area contributed by atoms with Crippen LogP contribution in [0.3, 0.4) is 0 Å². The molecule has 0 radical (unpaired) electrons. The topological polar surface area (TPSA) is 56.6 Å². The van der Waals surface area contributed by atoms with E-state index in [1.165, 1.54) is 11.5 Å². The van der Waals surface area contributed by atoms with Gasteiger partial charge in [0, 0.05) is 41.0 Å². The van der Waals surface area contributed by atoms with Crippen LogP contribution in [0, 0.1) is 11.8 Å². The van der Waals surface area contributed by atoms with Crippen LogP contribution < -0.4 is 0 Å². The molecular weight excluding hydrogens is 392 g/mol. The Morgan fingerprint density at radius 3 is 2.46 bits per heavy atom. The summed E-state index contributed by atoms with van der Waals surface area (Å²) in [5, 5.41) is 19.9. The molecule has 0 spiro atoms. The van der Waals surface area contributed by atoms with Gasteiger partial charge in [-0.3, -0.25) is 4.90 Å². The molecule has 2 N–H and O–H groups in total. The van der Waals surface area contributed by atoms with Gasteiger partial charge in [-0.2, -0.15) is 4.37 Å². The summed E-state index contributed by atoms with van der Waals surface area (Å²) < 4.78 is 5.72. The van der Waals surface area contributed by atoms with Crippen molar-refractivity contribution in [3.8, 4) is 23.1 Å². The average Bonchev–Trinajstić information content (AvgIpc) is 3.12. The van der Waals surface area contributed by atoms with E-state index in [-0.39, 0.29) is 13.2 Å². The number of aliphatic hydroxyl groups is 2. The number of unbranched alkanes of at least 4 members (excludes halogenated alkanes) is 1. The molecule has 0 atom stereocenters. The van der Waals surface area contributed by atoms with E-state index < -0.39 is 0 Å². The molecule has 1 aromatic heterocycles. The molecule has 3 aromatic rings. The number of rotatable bonds is 8. The summed E-state index contributed by atoms with van der Waals surface area (Å²) >= 11 is 7.45. The zero-order chi connectivity index (χ0) is 19.8. The number of benzene rings is 2. The van der Waals surface area contributed by atoms with Crippen LogP contribution in [0.2, 0.25) is 5.02 Å². The van der Waals surface area contributed by atoms with Crippen LogP contribution >= 0.6 is 23.1 Å². The third kappa shape index (κ3) is 5.54. The lowest BCUT2D eigenvalue weighted by Gasteiger charge is -2.19. The zero-order valence-electron chi connectivity index (χ0n) is 15.6. The van der Waals surface area contributed by atoms with E-state index in [4.69, 9.17) is 21.8 Å². The van der Waals surface area contributed by atoms with Crippen molar-refractivity contribution in [1.29, 1.82) is 0 Å². The molecule has 0 saturated heterocycles. The number of aliphatic hydroxyl groups excluding tert-OH is 2. The first-order valence-corrected chi connectivity index (χ1v) is 10.4. The molecule has 0 saturated carbocycles. The van der Waals surface area contributed by atoms with Crippen molar-refractivity contribution < 1.29 is 10.2 Å². The fraction of sp³-hybridized carbons (Fsp3) is 0.318. The molecule has 28 heavy (non-hydrogen) atoms. The predicted octanol–water partition coefficient (Wildman–Crippen LogP) is 4.04. The van der Waals surface area contributed by atoms with Crippen molar-refractivity contribution in [3.63, 3.8) is 0 Å². The molecule has 0 aliphatic heterocycles. The fourth-order valence-corrected chi connectivity index (χ4v) is 3.97. The van der Waals surface area contributed by atoms with Gasteiger partial charge in [0.15, 0.2) is 0 Å². The molecule has 0 amide bonds. The van der Waals surface area contributed by atoms with E-state index >= 15 is 0 Å². The summed E-state index contributed by atoms with van der Waals surface area (Å²) in [6.07, 6.45) is 1.70. The molecule has 0 aliphatic carbocycles. The molecule has 4 nitrogen and oxygen atoms in total. The smallest absolute Gasteiger partial charge is 0.0919 e. The van der Waals surface area contributed by atoms with Crippen LogP contribution in [0.1, 0.15) is 18.4 Å². The summed E-state index contributed by atoms with van der Waals surface area (Å²) in [6, 6.07) is 13.9. The summed E-state index contributed by atoms with van der Waals surface area (Å²) in [6.45, 7) is 2.23. The lowest BCUT2D eigenvalue weighted by atomic mass is 10.1. The Morgan fingerprint density at radius 2 is 1.75 bits per heavy atom. The standard InChI is InChI=1S/C22H23ClN2O2S/c23-19-8-6-18(7-9-19)22-20-10-5-17(16-21(20)28-24-22)4-2-1-3-11-25(12-14-26)13-15-27/h5-10,16,26-27H,1,3,11-15H2. The number of fused-ring (bicyclic) bond motifs is 1. The second-order valence-electron chi connectivity index (χ2n) is 6.44. The van der Waals surface area contributed by atoms with Crippen LogP contribution in [0.25, 0.3) is 21.3 Å². The minimum absolute atomic E-state index is 0.110. The van der Waals surface area contributed by atoms with Gasteiger partial charge >= 0.3 is 0 Å². The third-order valence-corrected chi connectivity index (χ3v) is 5.49. The van der Waals surface area contributed by atoms with Crippen LogP contribution in [0.15, 0.2) is 42.5 Å². The summed E-state index contributed by atoms with van der Waals surface area (Å²) in [5.41, 5.74) is 3.02. The van der Waals surface area contributed by atoms with Gasteiger partial charge in [-0.15, -0.1) is 0 Å². The van der Waals surface area contributed by atoms with E-state index in [1.54, 1.807) is 0 Å². The monoisotopic (exact) mass is 414 g/mol. The molecule has 1 heterocycles. The third-order valence-electron chi connectivity index (χ3n) is 4.43. The summed E-state index contributed by atoms with van der Waals surface area (Å²) in [7, 11) is 0. The molecule has 0 unspecified atom stereocenters. The first-order valence-electron chi connectivity index (χ1n) is 9.29. The first kappa shape index (κ1) is 20.8. The summed E-state index contributed by atoms with van der Waals surface area (Å²) in [4.78, 5) is 2.04. The minimum atomic E-state index is 0.110. The maximum atomic E-state index is 9.03. The van der Waals surface area contributed by atoms with Crippen molar-refractivity contribution >= 4 is 33.2 Å². The van der Waals surface area contributed by atoms with Crippen LogP contribution in [0.4, 0.5) is 0 Å². The second kappa shape index (κ2) is 10.6. The van der Waals surface area contributed by atoms with E-state index in [0.29, 0.717) is 13.1 Å².